The SMILES string of the molecule is O=c1[nH]cnc2c1cnn2-c1ccccc1NS(=O)(=O)c1c(F)c(F)c(F)c(F)c1F. The highest BCUT2D eigenvalue weighted by atomic mass is 32.2. The van der Waals surface area contributed by atoms with Crippen LogP contribution in [-0.4, -0.2) is 28.2 Å². The molecule has 0 fully saturated rings. The van der Waals surface area contributed by atoms with E-state index in [9.17, 15) is 35.2 Å². The molecule has 0 amide bonds. The molecule has 2 aromatic carbocycles. The van der Waals surface area contributed by atoms with Crippen LogP contribution in [0, 0.1) is 29.1 Å². The predicted octanol–water partition coefficient (Wildman–Crippen LogP) is 2.61. The number of anilines is 1. The molecular weight excluding hydrogens is 449 g/mol. The van der Waals surface area contributed by atoms with Crippen LogP contribution >= 0.6 is 0 Å². The Morgan fingerprint density at radius 1 is 0.935 bits per heavy atom. The van der Waals surface area contributed by atoms with Gasteiger partial charge in [-0.1, -0.05) is 12.1 Å². The quantitative estimate of drug-likeness (QED) is 0.278. The Kier molecular flexibility index (Phi) is 4.72. The highest BCUT2D eigenvalue weighted by Crippen LogP contribution is 2.30. The average Bonchev–Trinajstić information content (AvgIpc) is 3.16. The number of fused-ring (bicyclic) bond motifs is 1. The molecule has 0 unspecified atom stereocenters. The average molecular weight is 457 g/mol. The van der Waals surface area contributed by atoms with Crippen LogP contribution in [0.2, 0.25) is 0 Å². The second kappa shape index (κ2) is 7.16. The van der Waals surface area contributed by atoms with E-state index in [1.54, 1.807) is 4.72 Å². The number of aromatic amines is 1. The van der Waals surface area contributed by atoms with Gasteiger partial charge in [-0.25, -0.2) is 40.0 Å². The third-order valence-corrected chi connectivity index (χ3v) is 5.57. The molecule has 8 nitrogen and oxygen atoms in total. The smallest absolute Gasteiger partial charge is 0.268 e. The minimum atomic E-state index is -5.29. The Morgan fingerprint density at radius 2 is 1.55 bits per heavy atom. The van der Waals surface area contributed by atoms with Gasteiger partial charge < -0.3 is 4.98 Å². The Labute approximate surface area is 169 Å². The Morgan fingerprint density at radius 3 is 2.23 bits per heavy atom. The number of aromatic nitrogens is 4. The van der Waals surface area contributed by atoms with Crippen molar-refractivity contribution in [1.29, 1.82) is 0 Å². The van der Waals surface area contributed by atoms with Gasteiger partial charge in [0.1, 0.15) is 5.39 Å². The topological polar surface area (TPSA) is 110 Å². The minimum Gasteiger partial charge on any atom is -0.312 e. The first-order valence-corrected chi connectivity index (χ1v) is 9.67. The zero-order valence-electron chi connectivity index (χ0n) is 14.8. The first-order valence-electron chi connectivity index (χ1n) is 8.18. The fourth-order valence-electron chi connectivity index (χ4n) is 2.79. The maximum absolute atomic E-state index is 14.0. The molecule has 0 spiro atoms. The van der Waals surface area contributed by atoms with Gasteiger partial charge in [-0.05, 0) is 12.1 Å². The number of halogens is 5. The predicted molar refractivity (Wildman–Crippen MR) is 96.5 cm³/mol. The number of nitrogens with zero attached hydrogens (tertiary/aromatic N) is 3. The molecule has 0 aliphatic carbocycles. The molecule has 2 aromatic heterocycles. The van der Waals surface area contributed by atoms with Crippen molar-refractivity contribution in [3.8, 4) is 5.69 Å². The lowest BCUT2D eigenvalue weighted by molar-refractivity contribution is 0.358. The summed E-state index contributed by atoms with van der Waals surface area (Å²) in [6.45, 7) is 0. The monoisotopic (exact) mass is 457 g/mol. The van der Waals surface area contributed by atoms with Crippen molar-refractivity contribution in [3.63, 3.8) is 0 Å². The van der Waals surface area contributed by atoms with E-state index >= 15 is 0 Å². The molecule has 31 heavy (non-hydrogen) atoms. The fraction of sp³-hybridized carbons (Fsp3) is 0. The first-order chi connectivity index (χ1) is 14.6. The number of sulfonamides is 1. The van der Waals surface area contributed by atoms with Crippen molar-refractivity contribution >= 4 is 26.7 Å². The van der Waals surface area contributed by atoms with E-state index in [1.165, 1.54) is 18.2 Å². The molecular formula is C17H8F5N5O3S. The molecule has 0 saturated heterocycles. The summed E-state index contributed by atoms with van der Waals surface area (Å²) in [6.07, 6.45) is 2.22. The lowest BCUT2D eigenvalue weighted by atomic mass is 10.3. The van der Waals surface area contributed by atoms with Gasteiger partial charge in [-0.2, -0.15) is 5.10 Å². The lowest BCUT2D eigenvalue weighted by Crippen LogP contribution is -2.20. The summed E-state index contributed by atoms with van der Waals surface area (Å²) in [4.78, 5) is 16.1. The largest absolute Gasteiger partial charge is 0.312 e. The standard InChI is InChI=1S/C17H8F5N5O3S/c18-10-11(19)13(21)15(14(22)12(10)20)31(29,30)26-8-3-1-2-4-9(8)27-16-7(5-25-27)17(28)24-6-23-16/h1-6,26H,(H,23,24,28). The maximum atomic E-state index is 14.0. The number of nitrogens with one attached hydrogen (secondary N) is 2. The molecule has 0 aliphatic rings. The molecule has 4 rings (SSSR count). The van der Waals surface area contributed by atoms with Gasteiger partial charge in [0.25, 0.3) is 15.6 Å². The van der Waals surface area contributed by atoms with Crippen molar-refractivity contribution < 1.29 is 30.4 Å². The molecule has 0 aliphatic heterocycles. The van der Waals surface area contributed by atoms with Crippen molar-refractivity contribution in [2.24, 2.45) is 0 Å². The van der Waals surface area contributed by atoms with Crippen molar-refractivity contribution in [3.05, 3.63) is 76.2 Å². The van der Waals surface area contributed by atoms with Gasteiger partial charge in [0.15, 0.2) is 33.8 Å². The third-order valence-electron chi connectivity index (χ3n) is 4.19. The molecule has 2 heterocycles. The molecule has 14 heteroatoms. The molecule has 4 aromatic rings. The van der Waals surface area contributed by atoms with Crippen molar-refractivity contribution in [2.75, 3.05) is 4.72 Å². The summed E-state index contributed by atoms with van der Waals surface area (Å²) in [7, 11) is -5.29. The summed E-state index contributed by atoms with van der Waals surface area (Å²) in [5.74, 6) is -12.3. The van der Waals surface area contributed by atoms with Crippen molar-refractivity contribution in [2.45, 2.75) is 4.90 Å². The van der Waals surface area contributed by atoms with Crippen LogP contribution in [0.4, 0.5) is 27.6 Å². The van der Waals surface area contributed by atoms with Gasteiger partial charge in [-0.15, -0.1) is 0 Å². The van der Waals surface area contributed by atoms with E-state index in [1.807, 2.05) is 0 Å². The maximum Gasteiger partial charge on any atom is 0.268 e. The van der Waals surface area contributed by atoms with Crippen LogP contribution < -0.4 is 10.3 Å². The van der Waals surface area contributed by atoms with Crippen LogP contribution in [0.1, 0.15) is 0 Å². The second-order valence-corrected chi connectivity index (χ2v) is 7.67. The van der Waals surface area contributed by atoms with E-state index < -0.39 is 49.6 Å². The summed E-state index contributed by atoms with van der Waals surface area (Å²) in [5.41, 5.74) is -0.885. The molecule has 0 bridgehead atoms. The number of rotatable bonds is 4. The molecule has 160 valence electrons. The van der Waals surface area contributed by atoms with E-state index in [0.29, 0.717) is 0 Å². The zero-order valence-corrected chi connectivity index (χ0v) is 15.6. The number of hydrogen-bond acceptors (Lipinski definition) is 5. The third kappa shape index (κ3) is 3.20. The fourth-order valence-corrected chi connectivity index (χ4v) is 4.01. The zero-order chi connectivity index (χ0) is 22.5. The number of H-pyrrole nitrogens is 1. The van der Waals surface area contributed by atoms with Crippen LogP contribution in [0.5, 0.6) is 0 Å². The van der Waals surface area contributed by atoms with Crippen LogP contribution in [-0.2, 0) is 10.0 Å². The molecule has 2 N–H and O–H groups in total. The highest BCUT2D eigenvalue weighted by molar-refractivity contribution is 7.92. The van der Waals surface area contributed by atoms with Crippen molar-refractivity contribution in [1.82, 2.24) is 19.7 Å². The van der Waals surface area contributed by atoms with Gasteiger partial charge in [-0.3, -0.25) is 9.52 Å². The minimum absolute atomic E-state index is 0.0200. The first kappa shape index (κ1) is 20.5. The van der Waals surface area contributed by atoms with Gasteiger partial charge in [0.05, 0.1) is 23.9 Å². The summed E-state index contributed by atoms with van der Waals surface area (Å²) < 4.78 is 96.2. The van der Waals surface area contributed by atoms with Gasteiger partial charge in [0.2, 0.25) is 5.82 Å². The van der Waals surface area contributed by atoms with Crippen LogP contribution in [0.3, 0.4) is 0 Å². The highest BCUT2D eigenvalue weighted by Gasteiger charge is 2.34. The number of benzene rings is 2. The summed E-state index contributed by atoms with van der Waals surface area (Å²) >= 11 is 0. The lowest BCUT2D eigenvalue weighted by Gasteiger charge is -2.14. The van der Waals surface area contributed by atoms with E-state index in [-0.39, 0.29) is 22.4 Å². The van der Waals surface area contributed by atoms with Crippen LogP contribution in [0.25, 0.3) is 16.7 Å². The Bertz CT molecular complexity index is 1490. The Balaban J connectivity index is 1.88. The van der Waals surface area contributed by atoms with Gasteiger partial charge in [0, 0.05) is 0 Å². The number of hydrogen-bond donors (Lipinski definition) is 2. The van der Waals surface area contributed by atoms with E-state index in [2.05, 4.69) is 15.1 Å². The molecule has 0 atom stereocenters. The Hall–Kier alpha value is -3.81. The molecule has 0 saturated carbocycles. The number of para-hydroxylation sites is 2. The summed E-state index contributed by atoms with van der Waals surface area (Å²) in [5, 5.41) is 4.00. The van der Waals surface area contributed by atoms with Crippen LogP contribution in [0.15, 0.2) is 46.5 Å². The van der Waals surface area contributed by atoms with E-state index in [0.717, 1.165) is 23.3 Å². The molecule has 0 radical (unpaired) electrons. The summed E-state index contributed by atoms with van der Waals surface area (Å²) in [6, 6.07) is 5.27. The van der Waals surface area contributed by atoms with Gasteiger partial charge >= 0.3 is 0 Å². The van der Waals surface area contributed by atoms with E-state index in [4.69, 9.17) is 0 Å². The normalized spacial score (nSPS) is 11.8. The second-order valence-electron chi connectivity index (χ2n) is 6.05.